The summed E-state index contributed by atoms with van der Waals surface area (Å²) in [4.78, 5) is 5.04. The highest BCUT2D eigenvalue weighted by atomic mass is 32.1. The van der Waals surface area contributed by atoms with Crippen molar-refractivity contribution in [3.8, 4) is 16.5 Å². The molecule has 2 bridgehead atoms. The summed E-state index contributed by atoms with van der Waals surface area (Å²) in [6.07, 6.45) is 3.84. The van der Waals surface area contributed by atoms with Gasteiger partial charge >= 0.3 is 0 Å². The van der Waals surface area contributed by atoms with E-state index in [1.54, 1.807) is 11.4 Å². The van der Waals surface area contributed by atoms with Gasteiger partial charge in [0.15, 0.2) is 5.82 Å². The first-order chi connectivity index (χ1) is 8.81. The molecule has 0 saturated carbocycles. The molecule has 3 atom stereocenters. The topological polar surface area (TPSA) is 68.4 Å². The molecule has 1 N–H and O–H groups in total. The van der Waals surface area contributed by atoms with E-state index in [2.05, 4.69) is 10.1 Å². The van der Waals surface area contributed by atoms with Gasteiger partial charge in [-0.05, 0) is 30.7 Å². The maximum atomic E-state index is 9.64. The van der Waals surface area contributed by atoms with Crippen LogP contribution in [0.1, 0.15) is 31.0 Å². The van der Waals surface area contributed by atoms with Crippen LogP contribution in [-0.2, 0) is 4.74 Å². The first-order valence-corrected chi connectivity index (χ1v) is 6.95. The molecule has 0 aliphatic carbocycles. The van der Waals surface area contributed by atoms with Gasteiger partial charge in [-0.1, -0.05) is 5.16 Å². The van der Waals surface area contributed by atoms with Gasteiger partial charge in [0, 0.05) is 0 Å². The first kappa shape index (κ1) is 10.5. The Morgan fingerprint density at radius 3 is 3.00 bits per heavy atom. The normalized spacial score (nSPS) is 30.1. The number of aromatic nitrogens is 2. The second-order valence-electron chi connectivity index (χ2n) is 4.81. The largest absolute Gasteiger partial charge is 0.506 e. The van der Waals surface area contributed by atoms with Gasteiger partial charge in [0.25, 0.3) is 5.89 Å². The highest BCUT2D eigenvalue weighted by Gasteiger charge is 2.43. The molecule has 0 radical (unpaired) electrons. The monoisotopic (exact) mass is 264 g/mol. The van der Waals surface area contributed by atoms with Crippen LogP contribution in [0.4, 0.5) is 0 Å². The minimum absolute atomic E-state index is 0.194. The number of thiophene rings is 1. The molecule has 4 rings (SSSR count). The molecule has 0 spiro atoms. The number of hydrogen-bond donors (Lipinski definition) is 1. The van der Waals surface area contributed by atoms with Gasteiger partial charge in [-0.2, -0.15) is 4.98 Å². The van der Waals surface area contributed by atoms with Crippen molar-refractivity contribution in [3.05, 3.63) is 17.3 Å². The van der Waals surface area contributed by atoms with Crippen LogP contribution in [0.25, 0.3) is 10.8 Å². The van der Waals surface area contributed by atoms with Gasteiger partial charge < -0.3 is 14.4 Å². The third-order valence-electron chi connectivity index (χ3n) is 3.72. The summed E-state index contributed by atoms with van der Waals surface area (Å²) in [7, 11) is 0. The predicted octanol–water partition coefficient (Wildman–Crippen LogP) is 2.54. The molecule has 2 aliphatic rings. The van der Waals surface area contributed by atoms with Crippen LogP contribution >= 0.6 is 11.3 Å². The van der Waals surface area contributed by atoms with Gasteiger partial charge in [-0.25, -0.2) is 0 Å². The SMILES string of the molecule is Oc1ccsc1-c1nc(C2CC3CCC2O3)no1. The van der Waals surface area contributed by atoms with Crippen LogP contribution in [0.15, 0.2) is 16.0 Å². The van der Waals surface area contributed by atoms with Crippen LogP contribution in [0, 0.1) is 0 Å². The lowest BCUT2D eigenvalue weighted by molar-refractivity contribution is 0.0996. The zero-order valence-electron chi connectivity index (χ0n) is 9.57. The van der Waals surface area contributed by atoms with Crippen LogP contribution in [0.3, 0.4) is 0 Å². The van der Waals surface area contributed by atoms with Crippen molar-refractivity contribution in [1.29, 1.82) is 0 Å². The van der Waals surface area contributed by atoms with Crippen molar-refractivity contribution in [2.24, 2.45) is 0 Å². The zero-order chi connectivity index (χ0) is 12.1. The Hall–Kier alpha value is -1.40. The Kier molecular flexibility index (Phi) is 2.22. The molecule has 6 heteroatoms. The Morgan fingerprint density at radius 2 is 2.33 bits per heavy atom. The number of rotatable bonds is 2. The van der Waals surface area contributed by atoms with Crippen LogP contribution in [0.2, 0.25) is 0 Å². The maximum absolute atomic E-state index is 9.64. The molecule has 0 amide bonds. The number of hydrogen-bond acceptors (Lipinski definition) is 6. The minimum atomic E-state index is 0.194. The summed E-state index contributed by atoms with van der Waals surface area (Å²) in [5, 5.41) is 15.5. The third-order valence-corrected chi connectivity index (χ3v) is 4.61. The van der Waals surface area contributed by atoms with Crippen LogP contribution in [-0.4, -0.2) is 27.5 Å². The summed E-state index contributed by atoms with van der Waals surface area (Å²) >= 11 is 1.40. The van der Waals surface area contributed by atoms with Crippen LogP contribution < -0.4 is 0 Å². The summed E-state index contributed by atoms with van der Waals surface area (Å²) in [6, 6.07) is 1.63. The summed E-state index contributed by atoms with van der Waals surface area (Å²) in [5.74, 6) is 1.56. The molecule has 18 heavy (non-hydrogen) atoms. The number of ether oxygens (including phenoxy) is 1. The van der Waals surface area contributed by atoms with E-state index < -0.39 is 0 Å². The lowest BCUT2D eigenvalue weighted by Crippen LogP contribution is -2.15. The fourth-order valence-electron chi connectivity index (χ4n) is 2.85. The Bertz CT molecular complexity index is 579. The van der Waals surface area contributed by atoms with Gasteiger partial charge in [0.1, 0.15) is 10.6 Å². The molecule has 2 aliphatic heterocycles. The van der Waals surface area contributed by atoms with Crippen molar-refractivity contribution in [2.45, 2.75) is 37.4 Å². The third kappa shape index (κ3) is 1.49. The lowest BCUT2D eigenvalue weighted by atomic mass is 9.89. The van der Waals surface area contributed by atoms with Gasteiger partial charge in [-0.15, -0.1) is 11.3 Å². The quantitative estimate of drug-likeness (QED) is 0.902. The molecule has 2 fully saturated rings. The van der Waals surface area contributed by atoms with E-state index in [0.29, 0.717) is 22.7 Å². The summed E-state index contributed by atoms with van der Waals surface area (Å²) in [6.45, 7) is 0. The van der Waals surface area contributed by atoms with Gasteiger partial charge in [0.2, 0.25) is 0 Å². The molecule has 4 heterocycles. The highest BCUT2D eigenvalue weighted by Crippen LogP contribution is 2.44. The van der Waals surface area contributed by atoms with E-state index in [9.17, 15) is 5.11 Å². The number of nitrogens with zero attached hydrogens (tertiary/aromatic N) is 2. The zero-order valence-corrected chi connectivity index (χ0v) is 10.4. The summed E-state index contributed by atoms with van der Waals surface area (Å²) < 4.78 is 11.0. The fraction of sp³-hybridized carbons (Fsp3) is 0.500. The molecule has 2 aromatic rings. The average Bonchev–Trinajstić information content (AvgIpc) is 3.12. The van der Waals surface area contributed by atoms with Crippen molar-refractivity contribution in [3.63, 3.8) is 0 Å². The predicted molar refractivity (Wildman–Crippen MR) is 64.5 cm³/mol. The Morgan fingerprint density at radius 1 is 1.39 bits per heavy atom. The van der Waals surface area contributed by atoms with E-state index in [1.807, 2.05) is 0 Å². The minimum Gasteiger partial charge on any atom is -0.506 e. The Labute approximate surface area is 107 Å². The van der Waals surface area contributed by atoms with E-state index in [1.165, 1.54) is 11.3 Å². The van der Waals surface area contributed by atoms with E-state index in [4.69, 9.17) is 9.26 Å². The average molecular weight is 264 g/mol. The second-order valence-corrected chi connectivity index (χ2v) is 5.72. The summed E-state index contributed by atoms with van der Waals surface area (Å²) in [5.41, 5.74) is 0. The van der Waals surface area contributed by atoms with Crippen molar-refractivity contribution in [2.75, 3.05) is 0 Å². The van der Waals surface area contributed by atoms with E-state index in [0.717, 1.165) is 19.3 Å². The molecule has 94 valence electrons. The molecule has 3 unspecified atom stereocenters. The van der Waals surface area contributed by atoms with Crippen molar-refractivity contribution >= 4 is 11.3 Å². The Balaban J connectivity index is 1.65. The smallest absolute Gasteiger partial charge is 0.271 e. The lowest BCUT2D eigenvalue weighted by Gasteiger charge is -2.13. The highest BCUT2D eigenvalue weighted by molar-refractivity contribution is 7.13. The number of fused-ring (bicyclic) bond motifs is 2. The molecule has 5 nitrogen and oxygen atoms in total. The molecule has 0 aromatic carbocycles. The van der Waals surface area contributed by atoms with Crippen LogP contribution in [0.5, 0.6) is 5.75 Å². The van der Waals surface area contributed by atoms with E-state index >= 15 is 0 Å². The molecule has 2 saturated heterocycles. The molecular formula is C12H12N2O3S. The van der Waals surface area contributed by atoms with Crippen molar-refractivity contribution in [1.82, 2.24) is 10.1 Å². The van der Waals surface area contributed by atoms with Gasteiger partial charge in [0.05, 0.1) is 18.1 Å². The van der Waals surface area contributed by atoms with Gasteiger partial charge in [-0.3, -0.25) is 0 Å². The standard InChI is InChI=1S/C12H12N2O3S/c15-8-3-4-18-10(8)12-13-11(14-17-12)7-5-6-1-2-9(7)16-6/h3-4,6-7,9,15H,1-2,5H2. The molecular weight excluding hydrogens is 252 g/mol. The first-order valence-electron chi connectivity index (χ1n) is 6.07. The fourth-order valence-corrected chi connectivity index (χ4v) is 3.56. The van der Waals surface area contributed by atoms with E-state index in [-0.39, 0.29) is 17.8 Å². The second kappa shape index (κ2) is 3.80. The van der Waals surface area contributed by atoms with Crippen molar-refractivity contribution < 1.29 is 14.4 Å². The maximum Gasteiger partial charge on any atom is 0.271 e. The molecule has 2 aromatic heterocycles. The number of aromatic hydroxyl groups is 1.